The highest BCUT2D eigenvalue weighted by Gasteiger charge is 2.35. The number of rotatable bonds is 1. The Labute approximate surface area is 76.7 Å². The van der Waals surface area contributed by atoms with Gasteiger partial charge in [0.1, 0.15) is 0 Å². The van der Waals surface area contributed by atoms with Gasteiger partial charge in [0.15, 0.2) is 0 Å². The van der Waals surface area contributed by atoms with Gasteiger partial charge >= 0.3 is 0 Å². The molecule has 0 spiro atoms. The third kappa shape index (κ3) is 1.11. The molecule has 64 valence electrons. The molecule has 2 N–H and O–H groups in total. The number of hydrogen-bond donors (Lipinski definition) is 1. The molecule has 12 heavy (non-hydrogen) atoms. The van der Waals surface area contributed by atoms with Crippen molar-refractivity contribution in [2.24, 2.45) is 5.73 Å². The van der Waals surface area contributed by atoms with E-state index in [1.807, 2.05) is 6.07 Å². The van der Waals surface area contributed by atoms with E-state index in [-0.39, 0.29) is 5.54 Å². The molecule has 1 aliphatic rings. The second-order valence-electron chi connectivity index (χ2n) is 3.37. The predicted molar refractivity (Wildman–Crippen MR) is 49.0 cm³/mol. The summed E-state index contributed by atoms with van der Waals surface area (Å²) in [5.41, 5.74) is 6.99. The molecule has 2 nitrogen and oxygen atoms in total. The van der Waals surface area contributed by atoms with E-state index in [0.717, 1.165) is 18.4 Å². The summed E-state index contributed by atoms with van der Waals surface area (Å²) in [7, 11) is 0. The highest BCUT2D eigenvalue weighted by Crippen LogP contribution is 2.41. The normalized spacial score (nSPS) is 20.2. The summed E-state index contributed by atoms with van der Waals surface area (Å²) in [6.45, 7) is 0. The largest absolute Gasteiger partial charge is 0.321 e. The van der Waals surface area contributed by atoms with Crippen molar-refractivity contribution >= 4 is 11.6 Å². The molecule has 1 heterocycles. The summed E-state index contributed by atoms with van der Waals surface area (Å²) in [6, 6.07) is 1.92. The van der Waals surface area contributed by atoms with Gasteiger partial charge in [-0.25, -0.2) is 0 Å². The van der Waals surface area contributed by atoms with Crippen LogP contribution >= 0.6 is 11.6 Å². The Balaban J connectivity index is 2.39. The minimum absolute atomic E-state index is 0.167. The Morgan fingerprint density at radius 2 is 2.25 bits per heavy atom. The summed E-state index contributed by atoms with van der Waals surface area (Å²) in [4.78, 5) is 3.93. The van der Waals surface area contributed by atoms with Crippen LogP contribution in [0, 0.1) is 0 Å². The van der Waals surface area contributed by atoms with Gasteiger partial charge in [0.25, 0.3) is 0 Å². The highest BCUT2D eigenvalue weighted by atomic mass is 35.5. The van der Waals surface area contributed by atoms with Crippen molar-refractivity contribution in [3.63, 3.8) is 0 Å². The van der Waals surface area contributed by atoms with E-state index in [2.05, 4.69) is 4.98 Å². The number of hydrogen-bond acceptors (Lipinski definition) is 2. The zero-order valence-electron chi connectivity index (χ0n) is 6.76. The maximum absolute atomic E-state index is 6.11. The Bertz CT molecular complexity index is 294. The van der Waals surface area contributed by atoms with Crippen LogP contribution in [-0.2, 0) is 5.54 Å². The van der Waals surface area contributed by atoms with Crippen molar-refractivity contribution in [1.29, 1.82) is 0 Å². The van der Waals surface area contributed by atoms with Crippen LogP contribution in [0.1, 0.15) is 24.8 Å². The summed E-state index contributed by atoms with van der Waals surface area (Å²) in [5, 5.41) is 0.694. The number of halogens is 1. The second kappa shape index (κ2) is 2.71. The number of pyridine rings is 1. The van der Waals surface area contributed by atoms with Crippen LogP contribution in [0.5, 0.6) is 0 Å². The number of nitrogens with two attached hydrogens (primary N) is 1. The Hall–Kier alpha value is -0.600. The van der Waals surface area contributed by atoms with Crippen LogP contribution < -0.4 is 5.73 Å². The SMILES string of the molecule is NC1(c2ccncc2Cl)CCC1. The Kier molecular flexibility index (Phi) is 1.81. The molecule has 0 atom stereocenters. The molecular weight excluding hydrogens is 172 g/mol. The van der Waals surface area contributed by atoms with Crippen molar-refractivity contribution in [1.82, 2.24) is 4.98 Å². The van der Waals surface area contributed by atoms with E-state index < -0.39 is 0 Å². The van der Waals surface area contributed by atoms with Gasteiger partial charge in [0.2, 0.25) is 0 Å². The van der Waals surface area contributed by atoms with Crippen LogP contribution in [0.3, 0.4) is 0 Å². The van der Waals surface area contributed by atoms with Crippen molar-refractivity contribution in [2.75, 3.05) is 0 Å². The maximum atomic E-state index is 6.11. The molecule has 0 aliphatic heterocycles. The lowest BCUT2D eigenvalue weighted by Crippen LogP contribution is -2.43. The van der Waals surface area contributed by atoms with E-state index in [1.54, 1.807) is 12.4 Å². The first-order valence-electron chi connectivity index (χ1n) is 4.11. The molecule has 1 aromatic rings. The summed E-state index contributed by atoms with van der Waals surface area (Å²) in [5.74, 6) is 0. The standard InChI is InChI=1S/C9H11ClN2/c10-8-6-12-5-2-7(8)9(11)3-1-4-9/h2,5-6H,1,3-4,11H2. The van der Waals surface area contributed by atoms with E-state index in [9.17, 15) is 0 Å². The van der Waals surface area contributed by atoms with Gasteiger partial charge in [-0.1, -0.05) is 11.6 Å². The monoisotopic (exact) mass is 182 g/mol. The topological polar surface area (TPSA) is 38.9 Å². The second-order valence-corrected chi connectivity index (χ2v) is 3.77. The fourth-order valence-electron chi connectivity index (χ4n) is 1.61. The van der Waals surface area contributed by atoms with Gasteiger partial charge in [-0.2, -0.15) is 0 Å². The molecule has 2 rings (SSSR count). The molecule has 0 bridgehead atoms. The maximum Gasteiger partial charge on any atom is 0.0639 e. The molecule has 1 aliphatic carbocycles. The predicted octanol–water partition coefficient (Wildman–Crippen LogP) is 2.07. The van der Waals surface area contributed by atoms with Crippen molar-refractivity contribution in [3.05, 3.63) is 29.0 Å². The molecule has 1 fully saturated rings. The van der Waals surface area contributed by atoms with E-state index in [4.69, 9.17) is 17.3 Å². The van der Waals surface area contributed by atoms with Gasteiger partial charge in [-0.3, -0.25) is 4.98 Å². The molecule has 0 radical (unpaired) electrons. The fourth-order valence-corrected chi connectivity index (χ4v) is 1.91. The molecule has 0 aromatic carbocycles. The lowest BCUT2D eigenvalue weighted by atomic mass is 9.73. The van der Waals surface area contributed by atoms with Gasteiger partial charge in [-0.15, -0.1) is 0 Å². The summed E-state index contributed by atoms with van der Waals surface area (Å²) >= 11 is 5.98. The number of aromatic nitrogens is 1. The van der Waals surface area contributed by atoms with Crippen molar-refractivity contribution in [2.45, 2.75) is 24.8 Å². The lowest BCUT2D eigenvalue weighted by Gasteiger charge is -2.38. The Morgan fingerprint density at radius 3 is 2.75 bits per heavy atom. The average Bonchev–Trinajstić information content (AvgIpc) is 2.01. The zero-order chi connectivity index (χ0) is 8.60. The molecule has 1 aromatic heterocycles. The fraction of sp³-hybridized carbons (Fsp3) is 0.444. The van der Waals surface area contributed by atoms with Gasteiger partial charge < -0.3 is 5.73 Å². The van der Waals surface area contributed by atoms with Crippen LogP contribution in [-0.4, -0.2) is 4.98 Å². The number of nitrogens with zero attached hydrogens (tertiary/aromatic N) is 1. The molecule has 1 saturated carbocycles. The van der Waals surface area contributed by atoms with Gasteiger partial charge in [-0.05, 0) is 30.9 Å². The molecule has 0 unspecified atom stereocenters. The molecule has 3 heteroatoms. The third-order valence-electron chi connectivity index (χ3n) is 2.55. The highest BCUT2D eigenvalue weighted by molar-refractivity contribution is 6.31. The first kappa shape index (κ1) is 8.02. The smallest absolute Gasteiger partial charge is 0.0639 e. The van der Waals surface area contributed by atoms with Gasteiger partial charge in [0, 0.05) is 17.9 Å². The summed E-state index contributed by atoms with van der Waals surface area (Å²) < 4.78 is 0. The minimum atomic E-state index is -0.167. The van der Waals surface area contributed by atoms with E-state index >= 15 is 0 Å². The van der Waals surface area contributed by atoms with E-state index in [1.165, 1.54) is 6.42 Å². The van der Waals surface area contributed by atoms with Crippen LogP contribution in [0.4, 0.5) is 0 Å². The van der Waals surface area contributed by atoms with Crippen molar-refractivity contribution < 1.29 is 0 Å². The summed E-state index contributed by atoms with van der Waals surface area (Å²) in [6.07, 6.45) is 6.68. The average molecular weight is 183 g/mol. The van der Waals surface area contributed by atoms with Crippen LogP contribution in [0.2, 0.25) is 5.02 Å². The van der Waals surface area contributed by atoms with E-state index in [0.29, 0.717) is 5.02 Å². The van der Waals surface area contributed by atoms with Gasteiger partial charge in [0.05, 0.1) is 5.02 Å². The zero-order valence-corrected chi connectivity index (χ0v) is 7.51. The first-order valence-corrected chi connectivity index (χ1v) is 4.49. The molecule has 0 amide bonds. The first-order chi connectivity index (χ1) is 5.72. The third-order valence-corrected chi connectivity index (χ3v) is 2.86. The minimum Gasteiger partial charge on any atom is -0.321 e. The lowest BCUT2D eigenvalue weighted by molar-refractivity contribution is 0.253. The van der Waals surface area contributed by atoms with Crippen molar-refractivity contribution in [3.8, 4) is 0 Å². The Morgan fingerprint density at radius 1 is 1.50 bits per heavy atom. The van der Waals surface area contributed by atoms with Crippen LogP contribution in [0.15, 0.2) is 18.5 Å². The molecular formula is C9H11ClN2. The van der Waals surface area contributed by atoms with Crippen LogP contribution in [0.25, 0.3) is 0 Å². The molecule has 0 saturated heterocycles. The quantitative estimate of drug-likeness (QED) is 0.722.